The van der Waals surface area contributed by atoms with E-state index >= 15 is 0 Å². The second-order valence-corrected chi connectivity index (χ2v) is 5.95. The molecule has 5 heteroatoms. The maximum Gasteiger partial charge on any atom is 0.225 e. The number of rotatable bonds is 3. The van der Waals surface area contributed by atoms with Crippen LogP contribution in [-0.4, -0.2) is 14.8 Å². The van der Waals surface area contributed by atoms with Gasteiger partial charge in [-0.25, -0.2) is 0 Å². The molecule has 17 heavy (non-hydrogen) atoms. The molecule has 0 bridgehead atoms. The SMILES string of the molecule is CCc1nnc(Cl)n1C(C)c1cc(C)sc1C. The minimum absolute atomic E-state index is 0.192. The minimum atomic E-state index is 0.192. The van der Waals surface area contributed by atoms with Gasteiger partial charge in [0.2, 0.25) is 5.28 Å². The smallest absolute Gasteiger partial charge is 0.225 e. The van der Waals surface area contributed by atoms with Crippen LogP contribution in [0.4, 0.5) is 0 Å². The quantitative estimate of drug-likeness (QED) is 0.849. The molecule has 0 aliphatic heterocycles. The van der Waals surface area contributed by atoms with Crippen molar-refractivity contribution in [2.75, 3.05) is 0 Å². The van der Waals surface area contributed by atoms with E-state index in [-0.39, 0.29) is 6.04 Å². The van der Waals surface area contributed by atoms with E-state index in [1.54, 1.807) is 0 Å². The van der Waals surface area contributed by atoms with Gasteiger partial charge in [0.1, 0.15) is 5.82 Å². The molecule has 0 saturated heterocycles. The second-order valence-electron chi connectivity index (χ2n) is 4.15. The highest BCUT2D eigenvalue weighted by molar-refractivity contribution is 7.12. The van der Waals surface area contributed by atoms with Gasteiger partial charge in [-0.2, -0.15) is 0 Å². The summed E-state index contributed by atoms with van der Waals surface area (Å²) in [6, 6.07) is 2.41. The molecule has 2 aromatic heterocycles. The van der Waals surface area contributed by atoms with Crippen LogP contribution < -0.4 is 0 Å². The Bertz CT molecular complexity index is 530. The monoisotopic (exact) mass is 269 g/mol. The average Bonchev–Trinajstić information content (AvgIpc) is 2.80. The van der Waals surface area contributed by atoms with Crippen molar-refractivity contribution in [1.82, 2.24) is 14.8 Å². The highest BCUT2D eigenvalue weighted by Crippen LogP contribution is 2.30. The summed E-state index contributed by atoms with van der Waals surface area (Å²) in [5.74, 6) is 0.936. The van der Waals surface area contributed by atoms with E-state index in [0.717, 1.165) is 12.2 Å². The lowest BCUT2D eigenvalue weighted by Gasteiger charge is -2.16. The molecular formula is C12H16ClN3S. The third kappa shape index (κ3) is 2.24. The Hall–Kier alpha value is -0.870. The van der Waals surface area contributed by atoms with E-state index in [0.29, 0.717) is 5.28 Å². The van der Waals surface area contributed by atoms with Crippen molar-refractivity contribution in [3.63, 3.8) is 0 Å². The van der Waals surface area contributed by atoms with Gasteiger partial charge in [0, 0.05) is 16.2 Å². The zero-order valence-corrected chi connectivity index (χ0v) is 12.1. The van der Waals surface area contributed by atoms with Crippen molar-refractivity contribution in [2.24, 2.45) is 0 Å². The normalized spacial score (nSPS) is 13.0. The summed E-state index contributed by atoms with van der Waals surface area (Å²) in [7, 11) is 0. The Morgan fingerprint density at radius 1 is 1.41 bits per heavy atom. The predicted molar refractivity (Wildman–Crippen MR) is 72.0 cm³/mol. The van der Waals surface area contributed by atoms with E-state index < -0.39 is 0 Å². The van der Waals surface area contributed by atoms with Gasteiger partial charge in [0.15, 0.2) is 0 Å². The van der Waals surface area contributed by atoms with Crippen LogP contribution in [0, 0.1) is 13.8 Å². The van der Waals surface area contributed by atoms with E-state index in [1.165, 1.54) is 15.3 Å². The molecular weight excluding hydrogens is 254 g/mol. The largest absolute Gasteiger partial charge is 0.294 e. The highest BCUT2D eigenvalue weighted by atomic mass is 35.5. The van der Waals surface area contributed by atoms with Crippen molar-refractivity contribution >= 4 is 22.9 Å². The molecule has 3 nitrogen and oxygen atoms in total. The topological polar surface area (TPSA) is 30.7 Å². The van der Waals surface area contributed by atoms with Crippen LogP contribution in [0.3, 0.4) is 0 Å². The minimum Gasteiger partial charge on any atom is -0.294 e. The number of thiophene rings is 1. The second kappa shape index (κ2) is 4.78. The molecule has 0 spiro atoms. The van der Waals surface area contributed by atoms with Crippen LogP contribution in [0.25, 0.3) is 0 Å². The van der Waals surface area contributed by atoms with Gasteiger partial charge in [-0.15, -0.1) is 21.5 Å². The van der Waals surface area contributed by atoms with E-state index in [4.69, 9.17) is 11.6 Å². The first-order valence-electron chi connectivity index (χ1n) is 5.70. The van der Waals surface area contributed by atoms with Gasteiger partial charge >= 0.3 is 0 Å². The van der Waals surface area contributed by atoms with E-state index in [9.17, 15) is 0 Å². The fraction of sp³-hybridized carbons (Fsp3) is 0.500. The highest BCUT2D eigenvalue weighted by Gasteiger charge is 2.19. The zero-order valence-electron chi connectivity index (χ0n) is 10.5. The summed E-state index contributed by atoms with van der Waals surface area (Å²) < 4.78 is 2.01. The summed E-state index contributed by atoms with van der Waals surface area (Å²) >= 11 is 7.94. The molecule has 0 aliphatic rings. The summed E-state index contributed by atoms with van der Waals surface area (Å²) in [5, 5.41) is 8.52. The summed E-state index contributed by atoms with van der Waals surface area (Å²) in [6.45, 7) is 8.48. The maximum atomic E-state index is 6.12. The van der Waals surface area contributed by atoms with Gasteiger partial charge in [-0.1, -0.05) is 6.92 Å². The van der Waals surface area contributed by atoms with Gasteiger partial charge in [-0.3, -0.25) is 4.57 Å². The predicted octanol–water partition coefficient (Wildman–Crippen LogP) is 3.78. The van der Waals surface area contributed by atoms with Crippen LogP contribution in [0.5, 0.6) is 0 Å². The number of halogens is 1. The van der Waals surface area contributed by atoms with Crippen LogP contribution >= 0.6 is 22.9 Å². The maximum absolute atomic E-state index is 6.12. The average molecular weight is 270 g/mol. The first kappa shape index (κ1) is 12.6. The molecule has 2 rings (SSSR count). The van der Waals surface area contributed by atoms with Crippen molar-refractivity contribution in [2.45, 2.75) is 40.2 Å². The van der Waals surface area contributed by atoms with Crippen molar-refractivity contribution in [3.8, 4) is 0 Å². The first-order chi connectivity index (χ1) is 8.04. The lowest BCUT2D eigenvalue weighted by atomic mass is 10.1. The first-order valence-corrected chi connectivity index (χ1v) is 6.90. The molecule has 0 N–H and O–H groups in total. The molecule has 0 fully saturated rings. The number of aromatic nitrogens is 3. The molecule has 0 radical (unpaired) electrons. The van der Waals surface area contributed by atoms with Crippen LogP contribution in [-0.2, 0) is 6.42 Å². The molecule has 1 unspecified atom stereocenters. The summed E-state index contributed by atoms with van der Waals surface area (Å²) in [4.78, 5) is 2.66. The van der Waals surface area contributed by atoms with Crippen molar-refractivity contribution < 1.29 is 0 Å². The number of nitrogens with zero attached hydrogens (tertiary/aromatic N) is 3. The summed E-state index contributed by atoms with van der Waals surface area (Å²) in [6.07, 6.45) is 0.840. The van der Waals surface area contributed by atoms with E-state index in [2.05, 4.69) is 44.0 Å². The number of hydrogen-bond acceptors (Lipinski definition) is 3. The molecule has 0 aliphatic carbocycles. The molecule has 1 atom stereocenters. The molecule has 92 valence electrons. The summed E-state index contributed by atoms with van der Waals surface area (Å²) in [5.41, 5.74) is 1.31. The van der Waals surface area contributed by atoms with Crippen LogP contribution in [0.15, 0.2) is 6.07 Å². The lowest BCUT2D eigenvalue weighted by Crippen LogP contribution is -2.10. The van der Waals surface area contributed by atoms with Crippen molar-refractivity contribution in [1.29, 1.82) is 0 Å². The van der Waals surface area contributed by atoms with Crippen LogP contribution in [0.2, 0.25) is 5.28 Å². The molecule has 0 aromatic carbocycles. The van der Waals surface area contributed by atoms with Gasteiger partial charge in [0.05, 0.1) is 6.04 Å². The lowest BCUT2D eigenvalue weighted by molar-refractivity contribution is 0.605. The van der Waals surface area contributed by atoms with E-state index in [1.807, 2.05) is 15.9 Å². The standard InChI is InChI=1S/C12H16ClN3S/c1-5-11-14-15-12(13)16(11)8(3)10-6-7(2)17-9(10)4/h6,8H,5H2,1-4H3. The number of aryl methyl sites for hydroxylation is 3. The van der Waals surface area contributed by atoms with Gasteiger partial charge < -0.3 is 0 Å². The third-order valence-corrected chi connectivity index (χ3v) is 4.20. The molecule has 2 aromatic rings. The van der Waals surface area contributed by atoms with Gasteiger partial charge in [0.25, 0.3) is 0 Å². The number of hydrogen-bond donors (Lipinski definition) is 0. The fourth-order valence-electron chi connectivity index (χ4n) is 2.13. The Kier molecular flexibility index (Phi) is 3.54. The Labute approximate surface area is 110 Å². The van der Waals surface area contributed by atoms with Gasteiger partial charge in [-0.05, 0) is 44.0 Å². The Morgan fingerprint density at radius 2 is 2.12 bits per heavy atom. The van der Waals surface area contributed by atoms with Crippen LogP contribution in [0.1, 0.15) is 41.0 Å². The zero-order chi connectivity index (χ0) is 12.6. The Balaban J connectivity index is 2.46. The Morgan fingerprint density at radius 3 is 2.65 bits per heavy atom. The third-order valence-electron chi connectivity index (χ3n) is 2.96. The fourth-order valence-corrected chi connectivity index (χ4v) is 3.43. The van der Waals surface area contributed by atoms with Crippen molar-refractivity contribution in [3.05, 3.63) is 32.5 Å². The molecule has 0 saturated carbocycles. The molecule has 0 amide bonds. The molecule has 2 heterocycles.